The molecule has 3 heteroatoms. The van der Waals surface area contributed by atoms with Crippen LogP contribution in [0, 0.1) is 17.8 Å². The van der Waals surface area contributed by atoms with Gasteiger partial charge < -0.3 is 9.47 Å². The number of rotatable bonds is 4. The van der Waals surface area contributed by atoms with Crippen molar-refractivity contribution in [2.75, 3.05) is 14.2 Å². The summed E-state index contributed by atoms with van der Waals surface area (Å²) in [6, 6.07) is 6.15. The summed E-state index contributed by atoms with van der Waals surface area (Å²) in [6.07, 6.45) is 5.65. The van der Waals surface area contributed by atoms with Crippen LogP contribution in [0.5, 0.6) is 11.5 Å². The molecule has 0 heterocycles. The molecular weight excluding hydrogens is 304 g/mol. The summed E-state index contributed by atoms with van der Waals surface area (Å²) in [6.45, 7) is 0. The maximum Gasteiger partial charge on any atom is 0.126 e. The van der Waals surface area contributed by atoms with E-state index in [1.54, 1.807) is 14.2 Å². The Morgan fingerprint density at radius 1 is 1.11 bits per heavy atom. The molecule has 2 saturated carbocycles. The number of hydrogen-bond donors (Lipinski definition) is 0. The van der Waals surface area contributed by atoms with E-state index in [0.29, 0.717) is 4.83 Å². The molecule has 0 spiro atoms. The van der Waals surface area contributed by atoms with Crippen LogP contribution >= 0.6 is 15.9 Å². The minimum Gasteiger partial charge on any atom is -0.497 e. The van der Waals surface area contributed by atoms with Gasteiger partial charge in [0.25, 0.3) is 0 Å². The summed E-state index contributed by atoms with van der Waals surface area (Å²) >= 11 is 3.92. The lowest BCUT2D eigenvalue weighted by molar-refractivity contribution is 0.390. The predicted molar refractivity (Wildman–Crippen MR) is 80.2 cm³/mol. The average Bonchev–Trinajstić information content (AvgIpc) is 3.20. The lowest BCUT2D eigenvalue weighted by Crippen LogP contribution is -1.99. The van der Waals surface area contributed by atoms with Crippen LogP contribution in [-0.2, 0) is 0 Å². The Morgan fingerprint density at radius 2 is 1.79 bits per heavy atom. The number of fused-ring (bicyclic) bond motifs is 1. The molecule has 0 aliphatic heterocycles. The highest BCUT2D eigenvalue weighted by Crippen LogP contribution is 2.63. The second kappa shape index (κ2) is 5.35. The van der Waals surface area contributed by atoms with Crippen LogP contribution in [0.1, 0.15) is 36.1 Å². The first-order valence-corrected chi connectivity index (χ1v) is 8.04. The Kier molecular flexibility index (Phi) is 3.75. The van der Waals surface area contributed by atoms with E-state index in [-0.39, 0.29) is 0 Å². The molecule has 2 aliphatic carbocycles. The minimum atomic E-state index is 0.418. The average molecular weight is 325 g/mol. The number of halogens is 1. The summed E-state index contributed by atoms with van der Waals surface area (Å²) in [5.74, 6) is 4.46. The maximum absolute atomic E-state index is 5.53. The molecule has 2 aliphatic rings. The van der Waals surface area contributed by atoms with Gasteiger partial charge >= 0.3 is 0 Å². The zero-order valence-electron chi connectivity index (χ0n) is 11.6. The van der Waals surface area contributed by atoms with Crippen LogP contribution < -0.4 is 9.47 Å². The predicted octanol–water partition coefficient (Wildman–Crippen LogP) is 4.58. The lowest BCUT2D eigenvalue weighted by atomic mass is 10.0. The Morgan fingerprint density at radius 3 is 2.37 bits per heavy atom. The van der Waals surface area contributed by atoms with Crippen LogP contribution in [0.25, 0.3) is 0 Å². The standard InChI is InChI=1S/C16H21BrO2/c1-18-10-7-8-13(14(9-10)19-2)16(17)15-11-5-3-4-6-12(11)15/h7-9,11-12,15-16H,3-6H2,1-2H3. The van der Waals surface area contributed by atoms with Crippen LogP contribution in [0.2, 0.25) is 0 Å². The number of ether oxygens (including phenoxy) is 2. The van der Waals surface area contributed by atoms with Gasteiger partial charge in [-0.25, -0.2) is 0 Å². The largest absolute Gasteiger partial charge is 0.497 e. The Hall–Kier alpha value is -0.700. The molecule has 0 saturated heterocycles. The van der Waals surface area contributed by atoms with E-state index in [1.165, 1.54) is 31.2 Å². The first-order chi connectivity index (χ1) is 9.26. The molecular formula is C16H21BrO2. The van der Waals surface area contributed by atoms with Crippen molar-refractivity contribution in [2.45, 2.75) is 30.5 Å². The van der Waals surface area contributed by atoms with Crippen LogP contribution in [-0.4, -0.2) is 14.2 Å². The van der Waals surface area contributed by atoms with E-state index >= 15 is 0 Å². The van der Waals surface area contributed by atoms with E-state index in [9.17, 15) is 0 Å². The maximum atomic E-state index is 5.53. The molecule has 1 aromatic carbocycles. The molecule has 3 atom stereocenters. The van der Waals surface area contributed by atoms with E-state index in [0.717, 1.165) is 29.3 Å². The molecule has 3 unspecified atom stereocenters. The molecule has 0 bridgehead atoms. The molecule has 0 radical (unpaired) electrons. The molecule has 19 heavy (non-hydrogen) atoms. The molecule has 3 rings (SSSR count). The van der Waals surface area contributed by atoms with Crippen molar-refractivity contribution in [3.63, 3.8) is 0 Å². The van der Waals surface area contributed by atoms with Crippen molar-refractivity contribution in [1.29, 1.82) is 0 Å². The van der Waals surface area contributed by atoms with Gasteiger partial charge in [0.2, 0.25) is 0 Å². The van der Waals surface area contributed by atoms with Crippen molar-refractivity contribution in [3.05, 3.63) is 23.8 Å². The van der Waals surface area contributed by atoms with E-state index < -0.39 is 0 Å². The van der Waals surface area contributed by atoms with Crippen molar-refractivity contribution < 1.29 is 9.47 Å². The van der Waals surface area contributed by atoms with Crippen LogP contribution in [0.3, 0.4) is 0 Å². The number of benzene rings is 1. The molecule has 2 fully saturated rings. The topological polar surface area (TPSA) is 18.5 Å². The highest BCUT2D eigenvalue weighted by Gasteiger charge is 2.54. The Labute approximate surface area is 123 Å². The second-order valence-corrected chi connectivity index (χ2v) is 6.69. The van der Waals surface area contributed by atoms with Gasteiger partial charge in [0.15, 0.2) is 0 Å². The molecule has 0 amide bonds. The molecule has 0 aromatic heterocycles. The van der Waals surface area contributed by atoms with E-state index in [2.05, 4.69) is 22.0 Å². The molecule has 104 valence electrons. The highest BCUT2D eigenvalue weighted by atomic mass is 79.9. The van der Waals surface area contributed by atoms with E-state index in [1.807, 2.05) is 12.1 Å². The van der Waals surface area contributed by atoms with Gasteiger partial charge in [-0.15, -0.1) is 0 Å². The quantitative estimate of drug-likeness (QED) is 0.755. The van der Waals surface area contributed by atoms with Gasteiger partial charge in [-0.2, -0.15) is 0 Å². The molecule has 2 nitrogen and oxygen atoms in total. The fourth-order valence-corrected chi connectivity index (χ4v) is 4.90. The van der Waals surface area contributed by atoms with E-state index in [4.69, 9.17) is 9.47 Å². The fourth-order valence-electron chi connectivity index (χ4n) is 3.74. The van der Waals surface area contributed by atoms with Gasteiger partial charge in [0, 0.05) is 16.5 Å². The fraction of sp³-hybridized carbons (Fsp3) is 0.625. The summed E-state index contributed by atoms with van der Waals surface area (Å²) in [7, 11) is 3.42. The molecule has 0 N–H and O–H groups in total. The van der Waals surface area contributed by atoms with Crippen molar-refractivity contribution in [2.24, 2.45) is 17.8 Å². The Balaban J connectivity index is 1.81. The van der Waals surface area contributed by atoms with Gasteiger partial charge in [-0.05, 0) is 36.7 Å². The smallest absolute Gasteiger partial charge is 0.126 e. The number of alkyl halides is 1. The number of hydrogen-bond acceptors (Lipinski definition) is 2. The third-order valence-electron chi connectivity index (χ3n) is 4.80. The van der Waals surface area contributed by atoms with Gasteiger partial charge in [-0.1, -0.05) is 34.8 Å². The summed E-state index contributed by atoms with van der Waals surface area (Å²) < 4.78 is 10.8. The second-order valence-electron chi connectivity index (χ2n) is 5.70. The monoisotopic (exact) mass is 324 g/mol. The van der Waals surface area contributed by atoms with Crippen molar-refractivity contribution in [1.82, 2.24) is 0 Å². The summed E-state index contributed by atoms with van der Waals surface area (Å²) in [5.41, 5.74) is 1.27. The lowest BCUT2D eigenvalue weighted by Gasteiger charge is -2.15. The first kappa shape index (κ1) is 13.3. The van der Waals surface area contributed by atoms with Gasteiger partial charge in [-0.3, -0.25) is 0 Å². The minimum absolute atomic E-state index is 0.418. The third kappa shape index (κ3) is 2.37. The first-order valence-electron chi connectivity index (χ1n) is 7.12. The normalized spacial score (nSPS) is 30.4. The summed E-state index contributed by atoms with van der Waals surface area (Å²) in [5, 5.41) is 0. The summed E-state index contributed by atoms with van der Waals surface area (Å²) in [4.78, 5) is 0.418. The van der Waals surface area contributed by atoms with Gasteiger partial charge in [0.05, 0.1) is 14.2 Å². The third-order valence-corrected chi connectivity index (χ3v) is 5.90. The SMILES string of the molecule is COc1ccc(C(Br)C2C3CCCCC32)c(OC)c1. The number of methoxy groups -OCH3 is 2. The zero-order valence-corrected chi connectivity index (χ0v) is 13.2. The Bertz CT molecular complexity index is 448. The highest BCUT2D eigenvalue weighted by molar-refractivity contribution is 9.09. The van der Waals surface area contributed by atoms with Crippen LogP contribution in [0.4, 0.5) is 0 Å². The van der Waals surface area contributed by atoms with Gasteiger partial charge in [0.1, 0.15) is 11.5 Å². The molecule has 1 aromatic rings. The van der Waals surface area contributed by atoms with Crippen molar-refractivity contribution >= 4 is 15.9 Å². The van der Waals surface area contributed by atoms with Crippen molar-refractivity contribution in [3.8, 4) is 11.5 Å². The zero-order chi connectivity index (χ0) is 13.4. The van der Waals surface area contributed by atoms with Crippen LogP contribution in [0.15, 0.2) is 18.2 Å².